The van der Waals surface area contributed by atoms with Crippen LogP contribution in [0.3, 0.4) is 0 Å². The van der Waals surface area contributed by atoms with Gasteiger partial charge in [0.15, 0.2) is 17.3 Å². The number of imide groups is 1. The van der Waals surface area contributed by atoms with Gasteiger partial charge in [-0.1, -0.05) is 12.1 Å². The molecule has 0 spiro atoms. The normalized spacial score (nSPS) is 21.3. The topological polar surface area (TPSA) is 101 Å². The van der Waals surface area contributed by atoms with Crippen LogP contribution in [0.25, 0.3) is 0 Å². The molecule has 3 heterocycles. The van der Waals surface area contributed by atoms with Gasteiger partial charge in [-0.25, -0.2) is 4.79 Å². The van der Waals surface area contributed by atoms with Crippen LogP contribution < -0.4 is 14.8 Å². The lowest BCUT2D eigenvalue weighted by molar-refractivity contribution is -0.133. The van der Waals surface area contributed by atoms with E-state index >= 15 is 0 Å². The van der Waals surface area contributed by atoms with E-state index in [4.69, 9.17) is 13.9 Å². The molecule has 1 aromatic heterocycles. The van der Waals surface area contributed by atoms with E-state index in [1.165, 1.54) is 25.4 Å². The molecule has 2 saturated heterocycles. The first-order valence-electron chi connectivity index (χ1n) is 11.0. The lowest BCUT2D eigenvalue weighted by Gasteiger charge is -2.38. The van der Waals surface area contributed by atoms with Crippen LogP contribution >= 0.6 is 0 Å². The molecular formula is C24H29N3O6. The molecule has 1 aromatic carbocycles. The molecule has 4 rings (SSSR count). The second-order valence-electron chi connectivity index (χ2n) is 8.68. The minimum atomic E-state index is -1.03. The number of furan rings is 1. The number of hydrogen-bond donors (Lipinski definition) is 1. The Balaban J connectivity index is 1.46. The lowest BCUT2D eigenvalue weighted by atomic mass is 9.79. The number of methoxy groups -OCH3 is 2. The maximum absolute atomic E-state index is 13.4. The van der Waals surface area contributed by atoms with E-state index < -0.39 is 11.6 Å². The molecule has 2 fully saturated rings. The standard InChI is InChI=1S/C24H29N3O6/c1-15-10-13-33-19(15)21(28)26-11-8-17(9-12-26)24(2)22(29)27(23(30)25-24)14-16-6-5-7-18(31-3)20(16)32-4/h5-7,10,13,17H,8-9,11-12,14H2,1-4H3,(H,25,30)/t24-/m0/s1. The average Bonchev–Trinajstić information content (AvgIpc) is 3.35. The van der Waals surface area contributed by atoms with E-state index in [-0.39, 0.29) is 24.3 Å². The summed E-state index contributed by atoms with van der Waals surface area (Å²) in [5, 5.41) is 2.91. The summed E-state index contributed by atoms with van der Waals surface area (Å²) < 4.78 is 16.1. The lowest BCUT2D eigenvalue weighted by Crippen LogP contribution is -2.54. The molecule has 33 heavy (non-hydrogen) atoms. The molecule has 9 heteroatoms. The molecule has 1 N–H and O–H groups in total. The van der Waals surface area contributed by atoms with Crippen molar-refractivity contribution < 1.29 is 28.3 Å². The molecule has 1 atom stereocenters. The molecule has 0 radical (unpaired) electrons. The Morgan fingerprint density at radius 3 is 2.52 bits per heavy atom. The molecule has 0 unspecified atom stereocenters. The largest absolute Gasteiger partial charge is 0.493 e. The SMILES string of the molecule is COc1cccc(CN2C(=O)N[C@@](C)(C3CCN(C(=O)c4occc4C)CC3)C2=O)c1OC. The summed E-state index contributed by atoms with van der Waals surface area (Å²) >= 11 is 0. The highest BCUT2D eigenvalue weighted by molar-refractivity contribution is 6.07. The van der Waals surface area contributed by atoms with Gasteiger partial charge in [0, 0.05) is 24.2 Å². The first-order chi connectivity index (χ1) is 15.8. The van der Waals surface area contributed by atoms with Crippen LogP contribution in [0.5, 0.6) is 11.5 Å². The van der Waals surface area contributed by atoms with Gasteiger partial charge in [0.25, 0.3) is 11.8 Å². The van der Waals surface area contributed by atoms with Crippen LogP contribution in [0.15, 0.2) is 34.9 Å². The summed E-state index contributed by atoms with van der Waals surface area (Å²) in [6.07, 6.45) is 2.71. The number of para-hydroxylation sites is 1. The van der Waals surface area contributed by atoms with Crippen molar-refractivity contribution in [2.45, 2.75) is 38.8 Å². The minimum Gasteiger partial charge on any atom is -0.493 e. The number of ether oxygens (including phenoxy) is 2. The van der Waals surface area contributed by atoms with E-state index in [0.717, 1.165) is 5.56 Å². The zero-order valence-corrected chi connectivity index (χ0v) is 19.3. The number of nitrogens with one attached hydrogen (secondary N) is 1. The van der Waals surface area contributed by atoms with Crippen molar-refractivity contribution in [1.82, 2.24) is 15.1 Å². The van der Waals surface area contributed by atoms with Gasteiger partial charge in [-0.05, 0) is 44.7 Å². The van der Waals surface area contributed by atoms with Crippen molar-refractivity contribution in [3.8, 4) is 11.5 Å². The highest BCUT2D eigenvalue weighted by Crippen LogP contribution is 2.36. The van der Waals surface area contributed by atoms with Crippen LogP contribution in [0.4, 0.5) is 4.79 Å². The molecule has 0 aliphatic carbocycles. The summed E-state index contributed by atoms with van der Waals surface area (Å²) in [5.74, 6) is 0.873. The van der Waals surface area contributed by atoms with Crippen LogP contribution in [-0.2, 0) is 11.3 Å². The Labute approximate surface area is 192 Å². The minimum absolute atomic E-state index is 0.0791. The third-order valence-corrected chi connectivity index (χ3v) is 6.77. The van der Waals surface area contributed by atoms with Crippen molar-refractivity contribution in [3.05, 3.63) is 47.4 Å². The molecule has 4 amide bonds. The summed E-state index contributed by atoms with van der Waals surface area (Å²) in [7, 11) is 3.06. The van der Waals surface area contributed by atoms with E-state index in [2.05, 4.69) is 5.32 Å². The molecule has 9 nitrogen and oxygen atoms in total. The van der Waals surface area contributed by atoms with Gasteiger partial charge in [0.2, 0.25) is 0 Å². The van der Waals surface area contributed by atoms with E-state index in [1.54, 1.807) is 36.1 Å². The third-order valence-electron chi connectivity index (χ3n) is 6.77. The van der Waals surface area contributed by atoms with Crippen molar-refractivity contribution in [2.75, 3.05) is 27.3 Å². The number of amides is 4. The fourth-order valence-corrected chi connectivity index (χ4v) is 4.78. The van der Waals surface area contributed by atoms with Crippen molar-refractivity contribution in [3.63, 3.8) is 0 Å². The van der Waals surface area contributed by atoms with Gasteiger partial charge >= 0.3 is 6.03 Å². The highest BCUT2D eigenvalue weighted by Gasteiger charge is 2.53. The Morgan fingerprint density at radius 2 is 1.91 bits per heavy atom. The number of likely N-dealkylation sites (tertiary alicyclic amines) is 1. The van der Waals surface area contributed by atoms with Gasteiger partial charge in [0.1, 0.15) is 5.54 Å². The monoisotopic (exact) mass is 455 g/mol. The third kappa shape index (κ3) is 3.92. The van der Waals surface area contributed by atoms with Crippen molar-refractivity contribution in [2.24, 2.45) is 5.92 Å². The fourth-order valence-electron chi connectivity index (χ4n) is 4.78. The molecule has 2 aromatic rings. The summed E-state index contributed by atoms with van der Waals surface area (Å²) in [6.45, 7) is 4.67. The van der Waals surface area contributed by atoms with Gasteiger partial charge in [-0.2, -0.15) is 0 Å². The fraction of sp³-hybridized carbons (Fsp3) is 0.458. The Kier molecular flexibility index (Phi) is 6.05. The first kappa shape index (κ1) is 22.7. The number of nitrogens with zero attached hydrogens (tertiary/aromatic N) is 2. The first-order valence-corrected chi connectivity index (χ1v) is 11.0. The summed E-state index contributed by atoms with van der Waals surface area (Å²) in [5.41, 5.74) is 0.452. The number of aryl methyl sites for hydroxylation is 1. The van der Waals surface area contributed by atoms with Gasteiger partial charge < -0.3 is 24.1 Å². The van der Waals surface area contributed by atoms with E-state index in [0.29, 0.717) is 48.8 Å². The van der Waals surface area contributed by atoms with E-state index in [9.17, 15) is 14.4 Å². The zero-order chi connectivity index (χ0) is 23.8. The number of rotatable bonds is 6. The van der Waals surface area contributed by atoms with Crippen LogP contribution in [0.2, 0.25) is 0 Å². The Bertz CT molecular complexity index is 1070. The zero-order valence-electron chi connectivity index (χ0n) is 19.3. The Morgan fingerprint density at radius 1 is 1.18 bits per heavy atom. The predicted octanol–water partition coefficient (Wildman–Crippen LogP) is 2.97. The summed E-state index contributed by atoms with van der Waals surface area (Å²) in [4.78, 5) is 41.9. The van der Waals surface area contributed by atoms with Gasteiger partial charge in [-0.3, -0.25) is 14.5 Å². The number of piperidine rings is 1. The molecule has 176 valence electrons. The van der Waals surface area contributed by atoms with E-state index in [1.807, 2.05) is 6.92 Å². The van der Waals surface area contributed by atoms with Gasteiger partial charge in [0.05, 0.1) is 27.0 Å². The smallest absolute Gasteiger partial charge is 0.325 e. The molecule has 0 bridgehead atoms. The van der Waals surface area contributed by atoms with Crippen LogP contribution in [-0.4, -0.2) is 60.5 Å². The number of carbonyl (C=O) groups is 3. The second kappa shape index (κ2) is 8.80. The number of urea groups is 1. The maximum atomic E-state index is 13.4. The molecular weight excluding hydrogens is 426 g/mol. The van der Waals surface area contributed by atoms with Crippen molar-refractivity contribution >= 4 is 17.8 Å². The number of carbonyl (C=O) groups excluding carboxylic acids is 3. The average molecular weight is 456 g/mol. The number of hydrogen-bond acceptors (Lipinski definition) is 6. The van der Waals surface area contributed by atoms with Crippen LogP contribution in [0, 0.1) is 12.8 Å². The predicted molar refractivity (Wildman–Crippen MR) is 119 cm³/mol. The second-order valence-corrected chi connectivity index (χ2v) is 8.68. The maximum Gasteiger partial charge on any atom is 0.325 e. The highest BCUT2D eigenvalue weighted by atomic mass is 16.5. The van der Waals surface area contributed by atoms with Crippen LogP contribution in [0.1, 0.15) is 41.4 Å². The van der Waals surface area contributed by atoms with Crippen molar-refractivity contribution in [1.29, 1.82) is 0 Å². The molecule has 0 saturated carbocycles. The molecule has 2 aliphatic heterocycles. The summed E-state index contributed by atoms with van der Waals surface area (Å²) in [6, 6.07) is 6.69. The van der Waals surface area contributed by atoms with Gasteiger partial charge in [-0.15, -0.1) is 0 Å². The quantitative estimate of drug-likeness (QED) is 0.672. The number of benzene rings is 1. The Hall–Kier alpha value is -3.49. The molecule has 2 aliphatic rings.